The van der Waals surface area contributed by atoms with Crippen LogP contribution in [0.25, 0.3) is 0 Å². The van der Waals surface area contributed by atoms with Crippen LogP contribution in [-0.4, -0.2) is 17.3 Å². The summed E-state index contributed by atoms with van der Waals surface area (Å²) in [5, 5.41) is 0.631. The van der Waals surface area contributed by atoms with Gasteiger partial charge in [-0.1, -0.05) is 17.7 Å². The Morgan fingerprint density at radius 1 is 1.44 bits per heavy atom. The quantitative estimate of drug-likeness (QED) is 0.682. The molecule has 1 aromatic rings. The first-order valence-electron chi connectivity index (χ1n) is 5.65. The first-order valence-corrected chi connectivity index (χ1v) is 7.02. The summed E-state index contributed by atoms with van der Waals surface area (Å²) in [5.41, 5.74) is 6.06. The van der Waals surface area contributed by atoms with Gasteiger partial charge < -0.3 is 10.5 Å². The summed E-state index contributed by atoms with van der Waals surface area (Å²) in [6.07, 6.45) is 0. The summed E-state index contributed by atoms with van der Waals surface area (Å²) in [4.78, 5) is 12.5. The lowest BCUT2D eigenvalue weighted by Crippen LogP contribution is -2.24. The second-order valence-corrected chi connectivity index (χ2v) is 6.22. The molecule has 2 N–H and O–H groups in total. The number of carbonyl (C=O) groups excluding carboxylic acids is 1. The lowest BCUT2D eigenvalue weighted by atomic mass is 10.2. The molecule has 0 saturated heterocycles. The third-order valence-electron chi connectivity index (χ3n) is 2.05. The number of rotatable bonds is 4. The van der Waals surface area contributed by atoms with Crippen LogP contribution < -0.4 is 5.73 Å². The third-order valence-corrected chi connectivity index (χ3v) is 3.47. The fourth-order valence-electron chi connectivity index (χ4n) is 1.38. The van der Waals surface area contributed by atoms with Crippen LogP contribution in [0.3, 0.4) is 0 Å². The predicted octanol–water partition coefficient (Wildman–Crippen LogP) is 3.23. The Morgan fingerprint density at radius 2 is 2.11 bits per heavy atom. The molecule has 0 amide bonds. The molecule has 0 fully saturated rings. The molecule has 5 heteroatoms. The van der Waals surface area contributed by atoms with Crippen molar-refractivity contribution in [3.05, 3.63) is 28.8 Å². The van der Waals surface area contributed by atoms with Gasteiger partial charge in [0.2, 0.25) is 0 Å². The molecule has 0 bridgehead atoms. The van der Waals surface area contributed by atoms with Gasteiger partial charge >= 0.3 is 5.97 Å². The molecule has 0 saturated carbocycles. The standard InChI is InChI=1S/C13H18ClNO2S/c1-13(2,3)17-12(16)8-18-11-6-4-5-10(14)9(11)7-15/h4-6H,7-8,15H2,1-3H3. The Kier molecular flexibility index (Phi) is 5.50. The highest BCUT2D eigenvalue weighted by atomic mass is 35.5. The number of ether oxygens (including phenoxy) is 1. The first kappa shape index (κ1) is 15.3. The molecule has 1 rings (SSSR count). The number of hydrogen-bond donors (Lipinski definition) is 1. The van der Waals surface area contributed by atoms with Crippen molar-refractivity contribution in [1.82, 2.24) is 0 Å². The average Bonchev–Trinajstić information content (AvgIpc) is 2.24. The monoisotopic (exact) mass is 287 g/mol. The smallest absolute Gasteiger partial charge is 0.316 e. The minimum atomic E-state index is -0.456. The van der Waals surface area contributed by atoms with Gasteiger partial charge in [-0.3, -0.25) is 4.79 Å². The van der Waals surface area contributed by atoms with E-state index in [9.17, 15) is 4.79 Å². The van der Waals surface area contributed by atoms with Crippen LogP contribution in [0.2, 0.25) is 5.02 Å². The molecule has 0 unspecified atom stereocenters. The number of hydrogen-bond acceptors (Lipinski definition) is 4. The Labute approximate surface area is 117 Å². The second kappa shape index (κ2) is 6.45. The molecule has 1 aromatic carbocycles. The third kappa shape index (κ3) is 4.88. The van der Waals surface area contributed by atoms with Crippen molar-refractivity contribution in [3.8, 4) is 0 Å². The number of carbonyl (C=O) groups is 1. The summed E-state index contributed by atoms with van der Waals surface area (Å²) in [5.74, 6) is 0.0142. The number of halogens is 1. The average molecular weight is 288 g/mol. The van der Waals surface area contributed by atoms with Crippen LogP contribution in [0.15, 0.2) is 23.1 Å². The lowest BCUT2D eigenvalue weighted by Gasteiger charge is -2.19. The highest BCUT2D eigenvalue weighted by Crippen LogP contribution is 2.28. The van der Waals surface area contributed by atoms with E-state index >= 15 is 0 Å². The number of benzene rings is 1. The molecule has 100 valence electrons. The topological polar surface area (TPSA) is 52.3 Å². The van der Waals surface area contributed by atoms with Crippen LogP contribution in [0, 0.1) is 0 Å². The zero-order valence-electron chi connectivity index (χ0n) is 10.8. The minimum Gasteiger partial charge on any atom is -0.459 e. The molecular formula is C13H18ClNO2S. The van der Waals surface area contributed by atoms with Crippen LogP contribution in [0.1, 0.15) is 26.3 Å². The molecule has 3 nitrogen and oxygen atoms in total. The molecule has 0 aliphatic rings. The number of thioether (sulfide) groups is 1. The fourth-order valence-corrected chi connectivity index (χ4v) is 2.56. The van der Waals surface area contributed by atoms with Crippen LogP contribution >= 0.6 is 23.4 Å². The molecular weight excluding hydrogens is 270 g/mol. The van der Waals surface area contributed by atoms with Crippen LogP contribution in [0.5, 0.6) is 0 Å². The molecule has 0 aromatic heterocycles. The fraction of sp³-hybridized carbons (Fsp3) is 0.462. The second-order valence-electron chi connectivity index (χ2n) is 4.80. The van der Waals surface area contributed by atoms with E-state index in [-0.39, 0.29) is 11.7 Å². The molecule has 0 heterocycles. The van der Waals surface area contributed by atoms with E-state index in [2.05, 4.69) is 0 Å². The predicted molar refractivity (Wildman–Crippen MR) is 75.9 cm³/mol. The maximum absolute atomic E-state index is 11.6. The van der Waals surface area contributed by atoms with E-state index in [4.69, 9.17) is 22.1 Å². The molecule has 0 radical (unpaired) electrons. The van der Waals surface area contributed by atoms with Crippen molar-refractivity contribution in [2.24, 2.45) is 5.73 Å². The van der Waals surface area contributed by atoms with Crippen LogP contribution in [0.4, 0.5) is 0 Å². The van der Waals surface area contributed by atoms with Crippen molar-refractivity contribution in [3.63, 3.8) is 0 Å². The van der Waals surface area contributed by atoms with Crippen molar-refractivity contribution in [2.75, 3.05) is 5.75 Å². The van der Waals surface area contributed by atoms with Crippen molar-refractivity contribution in [2.45, 2.75) is 37.8 Å². The normalized spacial score (nSPS) is 11.4. The summed E-state index contributed by atoms with van der Waals surface area (Å²) >= 11 is 7.44. The van der Waals surface area contributed by atoms with Gasteiger partial charge in [0, 0.05) is 16.5 Å². The number of nitrogens with two attached hydrogens (primary N) is 1. The number of esters is 1. The van der Waals surface area contributed by atoms with Gasteiger partial charge in [0.1, 0.15) is 5.60 Å². The van der Waals surface area contributed by atoms with Crippen molar-refractivity contribution >= 4 is 29.3 Å². The van der Waals surface area contributed by atoms with Gasteiger partial charge in [-0.25, -0.2) is 0 Å². The van der Waals surface area contributed by atoms with E-state index < -0.39 is 5.60 Å². The zero-order valence-corrected chi connectivity index (χ0v) is 12.4. The molecule has 0 spiro atoms. The maximum atomic E-state index is 11.6. The van der Waals surface area contributed by atoms with Gasteiger partial charge in [-0.05, 0) is 38.5 Å². The van der Waals surface area contributed by atoms with E-state index in [0.29, 0.717) is 11.6 Å². The van der Waals surface area contributed by atoms with Crippen molar-refractivity contribution < 1.29 is 9.53 Å². The van der Waals surface area contributed by atoms with Gasteiger partial charge in [0.05, 0.1) is 5.75 Å². The Morgan fingerprint density at radius 3 is 2.67 bits per heavy atom. The van der Waals surface area contributed by atoms with E-state index in [1.807, 2.05) is 32.9 Å². The Hall–Kier alpha value is -0.710. The van der Waals surface area contributed by atoms with Gasteiger partial charge in [-0.2, -0.15) is 0 Å². The summed E-state index contributed by atoms with van der Waals surface area (Å²) in [6, 6.07) is 5.54. The summed E-state index contributed by atoms with van der Waals surface area (Å²) in [6.45, 7) is 5.90. The molecule has 18 heavy (non-hydrogen) atoms. The largest absolute Gasteiger partial charge is 0.459 e. The van der Waals surface area contributed by atoms with Gasteiger partial charge in [-0.15, -0.1) is 11.8 Å². The van der Waals surface area contributed by atoms with E-state index in [1.54, 1.807) is 6.07 Å². The first-order chi connectivity index (χ1) is 8.33. The Balaban J connectivity index is 2.64. The molecule has 0 aliphatic heterocycles. The minimum absolute atomic E-state index is 0.240. The zero-order chi connectivity index (χ0) is 13.8. The summed E-state index contributed by atoms with van der Waals surface area (Å²) in [7, 11) is 0. The van der Waals surface area contributed by atoms with E-state index in [0.717, 1.165) is 10.5 Å². The lowest BCUT2D eigenvalue weighted by molar-refractivity contribution is -0.151. The highest BCUT2D eigenvalue weighted by molar-refractivity contribution is 8.00. The molecule has 0 atom stereocenters. The van der Waals surface area contributed by atoms with Crippen molar-refractivity contribution in [1.29, 1.82) is 0 Å². The van der Waals surface area contributed by atoms with Crippen LogP contribution in [-0.2, 0) is 16.1 Å². The van der Waals surface area contributed by atoms with Gasteiger partial charge in [0.25, 0.3) is 0 Å². The van der Waals surface area contributed by atoms with Gasteiger partial charge in [0.15, 0.2) is 0 Å². The highest BCUT2D eigenvalue weighted by Gasteiger charge is 2.17. The molecule has 0 aliphatic carbocycles. The summed E-state index contributed by atoms with van der Waals surface area (Å²) < 4.78 is 5.24. The van der Waals surface area contributed by atoms with E-state index in [1.165, 1.54) is 11.8 Å². The maximum Gasteiger partial charge on any atom is 0.316 e. The SMILES string of the molecule is CC(C)(C)OC(=O)CSc1cccc(Cl)c1CN. The Bertz CT molecular complexity index is 429.